The van der Waals surface area contributed by atoms with Crippen LogP contribution in [0.5, 0.6) is 0 Å². The van der Waals surface area contributed by atoms with Crippen LogP contribution in [0.15, 0.2) is 0 Å². The topological polar surface area (TPSA) is 35.6 Å². The van der Waals surface area contributed by atoms with E-state index in [1.807, 2.05) is 11.9 Å². The molecule has 0 aromatic heterocycles. The number of amides is 1. The van der Waals surface area contributed by atoms with Crippen molar-refractivity contribution in [1.29, 1.82) is 0 Å². The number of nitrogens with one attached hydrogen (secondary N) is 1. The number of carbonyl (C=O) groups excluding carboxylic acids is 1. The van der Waals surface area contributed by atoms with Crippen LogP contribution in [0.25, 0.3) is 0 Å². The molecule has 3 unspecified atom stereocenters. The molecular weight excluding hydrogens is 262 g/mol. The molecule has 2 bridgehead atoms. The maximum Gasteiger partial charge on any atom is 0.222 e. The first kappa shape index (κ1) is 15.3. The minimum Gasteiger partial charge on any atom is -0.345 e. The molecular formula is C17H31N3O. The minimum atomic E-state index is 0.370. The number of fused-ring (bicyclic) bond motifs is 2. The first-order chi connectivity index (χ1) is 10.1. The maximum absolute atomic E-state index is 12.5. The molecule has 4 nitrogen and oxygen atoms in total. The molecule has 0 radical (unpaired) electrons. The maximum atomic E-state index is 12.5. The van der Waals surface area contributed by atoms with Gasteiger partial charge >= 0.3 is 0 Å². The van der Waals surface area contributed by atoms with E-state index >= 15 is 0 Å². The summed E-state index contributed by atoms with van der Waals surface area (Å²) < 4.78 is 0. The lowest BCUT2D eigenvalue weighted by Gasteiger charge is -2.33. The fraction of sp³-hybridized carbons (Fsp3) is 0.941. The van der Waals surface area contributed by atoms with E-state index in [9.17, 15) is 4.79 Å². The molecule has 0 aliphatic carbocycles. The van der Waals surface area contributed by atoms with Gasteiger partial charge in [0.05, 0.1) is 0 Å². The Kier molecular flexibility index (Phi) is 4.85. The Morgan fingerprint density at radius 2 is 1.90 bits per heavy atom. The van der Waals surface area contributed by atoms with Crippen LogP contribution in [0.1, 0.15) is 44.9 Å². The number of piperidine rings is 2. The second kappa shape index (κ2) is 6.66. The number of hydrogen-bond donors (Lipinski definition) is 1. The molecule has 0 aromatic rings. The third-order valence-corrected chi connectivity index (χ3v) is 5.71. The van der Waals surface area contributed by atoms with Crippen molar-refractivity contribution in [3.63, 3.8) is 0 Å². The Bertz CT molecular complexity index is 361. The molecule has 3 aliphatic heterocycles. The second-order valence-corrected chi connectivity index (χ2v) is 7.72. The van der Waals surface area contributed by atoms with Crippen LogP contribution in [-0.4, -0.2) is 61.5 Å². The summed E-state index contributed by atoms with van der Waals surface area (Å²) in [7, 11) is 4.20. The predicted octanol–water partition coefficient (Wildman–Crippen LogP) is 1.71. The van der Waals surface area contributed by atoms with Gasteiger partial charge in [-0.3, -0.25) is 4.79 Å². The van der Waals surface area contributed by atoms with Gasteiger partial charge in [0.15, 0.2) is 0 Å². The van der Waals surface area contributed by atoms with Crippen molar-refractivity contribution < 1.29 is 4.79 Å². The van der Waals surface area contributed by atoms with Gasteiger partial charge in [0.1, 0.15) is 0 Å². The third-order valence-electron chi connectivity index (χ3n) is 5.71. The molecule has 4 heteroatoms. The summed E-state index contributed by atoms with van der Waals surface area (Å²) in [5.74, 6) is 1.66. The average Bonchev–Trinajstić information content (AvgIpc) is 2.78. The van der Waals surface area contributed by atoms with Crippen LogP contribution in [0, 0.1) is 11.8 Å². The molecule has 3 atom stereocenters. The summed E-state index contributed by atoms with van der Waals surface area (Å²) in [5.41, 5.74) is 0. The number of hydrogen-bond acceptors (Lipinski definition) is 3. The van der Waals surface area contributed by atoms with Gasteiger partial charge in [0.2, 0.25) is 5.91 Å². The fourth-order valence-electron chi connectivity index (χ4n) is 4.66. The van der Waals surface area contributed by atoms with E-state index < -0.39 is 0 Å². The van der Waals surface area contributed by atoms with Crippen LogP contribution < -0.4 is 5.32 Å². The molecule has 120 valence electrons. The standard InChI is InChI=1S/C17H31N3O/c1-19-7-3-4-13(11-19)12-20(2)17(21)10-14-8-15-5-6-16(9-14)18-15/h13-16,18H,3-12H2,1-2H3. The number of nitrogens with zero attached hydrogens (tertiary/aromatic N) is 2. The van der Waals surface area contributed by atoms with E-state index in [0.717, 1.165) is 19.5 Å². The highest BCUT2D eigenvalue weighted by atomic mass is 16.2. The highest BCUT2D eigenvalue weighted by molar-refractivity contribution is 5.76. The third kappa shape index (κ3) is 3.98. The second-order valence-electron chi connectivity index (χ2n) is 7.72. The summed E-state index contributed by atoms with van der Waals surface area (Å²) in [4.78, 5) is 16.9. The Hall–Kier alpha value is -0.610. The van der Waals surface area contributed by atoms with E-state index in [0.29, 0.717) is 29.8 Å². The molecule has 0 spiro atoms. The zero-order chi connectivity index (χ0) is 14.8. The number of rotatable bonds is 4. The van der Waals surface area contributed by atoms with Gasteiger partial charge in [0, 0.05) is 38.6 Å². The van der Waals surface area contributed by atoms with Crippen molar-refractivity contribution in [1.82, 2.24) is 15.1 Å². The number of likely N-dealkylation sites (tertiary alicyclic amines) is 1. The summed E-state index contributed by atoms with van der Waals surface area (Å²) in [6.45, 7) is 3.31. The Labute approximate surface area is 129 Å². The average molecular weight is 293 g/mol. The van der Waals surface area contributed by atoms with E-state index in [1.54, 1.807) is 0 Å². The van der Waals surface area contributed by atoms with E-state index in [1.165, 1.54) is 45.1 Å². The van der Waals surface area contributed by atoms with Crippen molar-refractivity contribution in [2.75, 3.05) is 33.7 Å². The van der Waals surface area contributed by atoms with Gasteiger partial charge in [-0.25, -0.2) is 0 Å². The van der Waals surface area contributed by atoms with Crippen molar-refractivity contribution in [3.8, 4) is 0 Å². The van der Waals surface area contributed by atoms with Crippen LogP contribution in [-0.2, 0) is 4.79 Å². The van der Waals surface area contributed by atoms with Crippen LogP contribution in [0.4, 0.5) is 0 Å². The van der Waals surface area contributed by atoms with Crippen molar-refractivity contribution in [2.24, 2.45) is 11.8 Å². The zero-order valence-electron chi connectivity index (χ0n) is 13.7. The van der Waals surface area contributed by atoms with Gasteiger partial charge < -0.3 is 15.1 Å². The first-order valence-electron chi connectivity index (χ1n) is 8.78. The van der Waals surface area contributed by atoms with Gasteiger partial charge in [-0.1, -0.05) is 0 Å². The fourth-order valence-corrected chi connectivity index (χ4v) is 4.66. The lowest BCUT2D eigenvalue weighted by atomic mass is 9.89. The molecule has 3 aliphatic rings. The summed E-state index contributed by atoms with van der Waals surface area (Å²) in [6.07, 6.45) is 8.39. The van der Waals surface area contributed by atoms with Crippen LogP contribution >= 0.6 is 0 Å². The lowest BCUT2D eigenvalue weighted by Crippen LogP contribution is -2.42. The molecule has 0 saturated carbocycles. The smallest absolute Gasteiger partial charge is 0.222 e. The quantitative estimate of drug-likeness (QED) is 0.857. The van der Waals surface area contributed by atoms with Gasteiger partial charge in [-0.05, 0) is 64.0 Å². The van der Waals surface area contributed by atoms with Gasteiger partial charge in [-0.15, -0.1) is 0 Å². The predicted molar refractivity (Wildman–Crippen MR) is 85.1 cm³/mol. The van der Waals surface area contributed by atoms with Gasteiger partial charge in [0.25, 0.3) is 0 Å². The van der Waals surface area contributed by atoms with Crippen molar-refractivity contribution in [3.05, 3.63) is 0 Å². The normalized spacial score (nSPS) is 36.7. The van der Waals surface area contributed by atoms with E-state index in [-0.39, 0.29) is 0 Å². The monoisotopic (exact) mass is 293 g/mol. The minimum absolute atomic E-state index is 0.370. The van der Waals surface area contributed by atoms with Crippen molar-refractivity contribution >= 4 is 5.91 Å². The zero-order valence-corrected chi connectivity index (χ0v) is 13.7. The first-order valence-corrected chi connectivity index (χ1v) is 8.78. The summed E-state index contributed by atoms with van der Waals surface area (Å²) >= 11 is 0. The molecule has 21 heavy (non-hydrogen) atoms. The van der Waals surface area contributed by atoms with Crippen LogP contribution in [0.2, 0.25) is 0 Å². The highest BCUT2D eigenvalue weighted by Crippen LogP contribution is 2.33. The summed E-state index contributed by atoms with van der Waals surface area (Å²) in [6, 6.07) is 1.39. The van der Waals surface area contributed by atoms with Crippen molar-refractivity contribution in [2.45, 2.75) is 57.0 Å². The Morgan fingerprint density at radius 1 is 1.19 bits per heavy atom. The Morgan fingerprint density at radius 3 is 2.57 bits per heavy atom. The van der Waals surface area contributed by atoms with Crippen LogP contribution in [0.3, 0.4) is 0 Å². The molecule has 0 aromatic carbocycles. The molecule has 1 N–H and O–H groups in total. The highest BCUT2D eigenvalue weighted by Gasteiger charge is 2.34. The molecule has 3 saturated heterocycles. The van der Waals surface area contributed by atoms with E-state index in [2.05, 4.69) is 17.3 Å². The van der Waals surface area contributed by atoms with E-state index in [4.69, 9.17) is 0 Å². The molecule has 1 amide bonds. The lowest BCUT2D eigenvalue weighted by molar-refractivity contribution is -0.132. The Balaban J connectivity index is 1.44. The molecule has 3 heterocycles. The SMILES string of the molecule is CN1CCCC(CN(C)C(=O)CC2CC3CCC(C2)N3)C1. The molecule has 3 rings (SSSR count). The number of carbonyl (C=O) groups is 1. The largest absolute Gasteiger partial charge is 0.345 e. The molecule has 3 fully saturated rings. The van der Waals surface area contributed by atoms with Gasteiger partial charge in [-0.2, -0.15) is 0 Å². The summed E-state index contributed by atoms with van der Waals surface area (Å²) in [5, 5.41) is 3.66.